The molecular weight excluding hydrogens is 233 g/mol. The number of hydrogen-bond acceptors (Lipinski definition) is 3. The fraction of sp³-hybridized carbons (Fsp3) is 0. The van der Waals surface area contributed by atoms with Gasteiger partial charge in [0.25, 0.3) is 8.18 Å². The lowest BCUT2D eigenvalue weighted by molar-refractivity contribution is 0.0685. The highest BCUT2D eigenvalue weighted by Gasteiger charge is 2.12. The molecule has 4 N–H and O–H groups in total. The van der Waals surface area contributed by atoms with Gasteiger partial charge in [-0.05, 0) is 12.1 Å². The van der Waals surface area contributed by atoms with Gasteiger partial charge in [0.1, 0.15) is 5.52 Å². The molecule has 1 atom stereocenters. The Hall–Kier alpha value is -1.85. The maximum absolute atomic E-state index is 10.7. The summed E-state index contributed by atoms with van der Waals surface area (Å²) in [5.41, 5.74) is 1.14. The minimum Gasteiger partial charge on any atom is -0.475 e. The van der Waals surface area contributed by atoms with Crippen LogP contribution in [-0.2, 0) is 4.57 Å². The second-order valence-electron chi connectivity index (χ2n) is 3.02. The van der Waals surface area contributed by atoms with E-state index in [-0.39, 0.29) is 5.82 Å². The fourth-order valence-corrected chi connectivity index (χ4v) is 1.78. The molecule has 2 rings (SSSR count). The SMILES string of the molecule is O=C(O)c1nc2c(N[PH](=O)O)cccc2[nH]1. The highest BCUT2D eigenvalue weighted by molar-refractivity contribution is 7.39. The number of aromatic amines is 1. The van der Waals surface area contributed by atoms with E-state index in [0.29, 0.717) is 16.7 Å². The number of hydrogen-bond donors (Lipinski definition) is 4. The Labute approximate surface area is 90.1 Å². The van der Waals surface area contributed by atoms with E-state index >= 15 is 0 Å². The zero-order valence-electron chi connectivity index (χ0n) is 7.89. The van der Waals surface area contributed by atoms with Crippen LogP contribution in [0.5, 0.6) is 0 Å². The number of fused-ring (bicyclic) bond motifs is 1. The maximum Gasteiger partial charge on any atom is 0.371 e. The van der Waals surface area contributed by atoms with Crippen molar-refractivity contribution < 1.29 is 19.4 Å². The van der Waals surface area contributed by atoms with Crippen molar-refractivity contribution in [3.63, 3.8) is 0 Å². The van der Waals surface area contributed by atoms with Crippen molar-refractivity contribution in [3.05, 3.63) is 24.0 Å². The number of aromatic nitrogens is 2. The molecule has 0 spiro atoms. The summed E-state index contributed by atoms with van der Waals surface area (Å²) in [6, 6.07) is 4.81. The predicted molar refractivity (Wildman–Crippen MR) is 57.9 cm³/mol. The van der Waals surface area contributed by atoms with Crippen LogP contribution in [0.1, 0.15) is 10.6 Å². The van der Waals surface area contributed by atoms with Crippen molar-refractivity contribution in [1.82, 2.24) is 9.97 Å². The lowest BCUT2D eigenvalue weighted by atomic mass is 10.3. The third-order valence-corrected chi connectivity index (χ3v) is 2.44. The fourth-order valence-electron chi connectivity index (χ4n) is 1.35. The zero-order chi connectivity index (χ0) is 11.7. The van der Waals surface area contributed by atoms with Crippen molar-refractivity contribution in [2.24, 2.45) is 0 Å². The molecule has 0 aliphatic heterocycles. The number of nitrogens with one attached hydrogen (secondary N) is 2. The van der Waals surface area contributed by atoms with Crippen LogP contribution in [0.25, 0.3) is 11.0 Å². The van der Waals surface area contributed by atoms with Crippen LogP contribution in [0.4, 0.5) is 5.69 Å². The van der Waals surface area contributed by atoms with Gasteiger partial charge in [0, 0.05) is 0 Å². The first kappa shape index (κ1) is 10.7. The summed E-state index contributed by atoms with van der Waals surface area (Å²) in [7, 11) is -2.89. The monoisotopic (exact) mass is 241 g/mol. The Morgan fingerprint density at radius 1 is 1.50 bits per heavy atom. The lowest BCUT2D eigenvalue weighted by Gasteiger charge is -2.01. The summed E-state index contributed by atoms with van der Waals surface area (Å²) < 4.78 is 10.7. The number of carboxylic acids is 1. The van der Waals surface area contributed by atoms with E-state index in [1.807, 2.05) is 0 Å². The Morgan fingerprint density at radius 3 is 2.88 bits per heavy atom. The van der Waals surface area contributed by atoms with Gasteiger partial charge >= 0.3 is 5.97 Å². The van der Waals surface area contributed by atoms with Crippen molar-refractivity contribution in [2.75, 3.05) is 5.09 Å². The number of anilines is 1. The second kappa shape index (κ2) is 3.96. The van der Waals surface area contributed by atoms with Gasteiger partial charge in [-0.2, -0.15) is 0 Å². The minimum atomic E-state index is -2.89. The van der Waals surface area contributed by atoms with Crippen LogP contribution in [0.15, 0.2) is 18.2 Å². The molecule has 0 radical (unpaired) electrons. The number of carboxylic acid groups (broad SMARTS) is 1. The molecule has 2 aromatic rings. The molecule has 8 heteroatoms. The van der Waals surface area contributed by atoms with Gasteiger partial charge in [0.2, 0.25) is 5.82 Å². The summed E-state index contributed by atoms with van der Waals surface area (Å²) in [5, 5.41) is 11.1. The van der Waals surface area contributed by atoms with Crippen molar-refractivity contribution in [2.45, 2.75) is 0 Å². The molecule has 7 nitrogen and oxygen atoms in total. The van der Waals surface area contributed by atoms with E-state index in [9.17, 15) is 9.36 Å². The highest BCUT2D eigenvalue weighted by atomic mass is 31.1. The van der Waals surface area contributed by atoms with E-state index < -0.39 is 14.1 Å². The molecule has 84 valence electrons. The topological polar surface area (TPSA) is 115 Å². The average molecular weight is 241 g/mol. The van der Waals surface area contributed by atoms with Gasteiger partial charge in [0.05, 0.1) is 11.2 Å². The molecule has 0 saturated carbocycles. The smallest absolute Gasteiger partial charge is 0.371 e. The van der Waals surface area contributed by atoms with Crippen LogP contribution in [-0.4, -0.2) is 25.9 Å². The number of imidazole rings is 1. The third kappa shape index (κ3) is 1.91. The number of nitrogens with zero attached hydrogens (tertiary/aromatic N) is 1. The molecule has 1 aromatic carbocycles. The molecule has 1 heterocycles. The molecule has 0 amide bonds. The van der Waals surface area contributed by atoms with Crippen molar-refractivity contribution in [1.29, 1.82) is 0 Å². The second-order valence-corrected chi connectivity index (χ2v) is 3.88. The standard InChI is InChI=1S/C8H8N3O4P/c12-8(13)7-9-4-2-1-3-5(6(4)10-7)11-16(14)15/h1-3,16H,(H,9,10)(H,12,13)(H2,11,14,15). The Bertz CT molecular complexity index is 580. The minimum absolute atomic E-state index is 0.207. The molecule has 1 aromatic heterocycles. The third-order valence-electron chi connectivity index (χ3n) is 1.96. The maximum atomic E-state index is 10.7. The quantitative estimate of drug-likeness (QED) is 0.597. The highest BCUT2D eigenvalue weighted by Crippen LogP contribution is 2.26. The molecule has 0 bridgehead atoms. The van der Waals surface area contributed by atoms with Gasteiger partial charge < -0.3 is 20.1 Å². The summed E-state index contributed by atoms with van der Waals surface area (Å²) in [4.78, 5) is 25.8. The van der Waals surface area contributed by atoms with Crippen molar-refractivity contribution in [3.8, 4) is 0 Å². The first-order valence-electron chi connectivity index (χ1n) is 4.30. The van der Waals surface area contributed by atoms with Gasteiger partial charge in [-0.15, -0.1) is 0 Å². The molecule has 1 unspecified atom stereocenters. The first-order valence-corrected chi connectivity index (χ1v) is 5.65. The number of para-hydroxylation sites is 1. The molecule has 0 saturated heterocycles. The first-order chi connectivity index (χ1) is 7.58. The van der Waals surface area contributed by atoms with Crippen LogP contribution >= 0.6 is 8.18 Å². The molecule has 0 aliphatic carbocycles. The van der Waals surface area contributed by atoms with Gasteiger partial charge in [0.15, 0.2) is 0 Å². The predicted octanol–water partition coefficient (Wildman–Crippen LogP) is 1.05. The Balaban J connectivity index is 2.58. The summed E-state index contributed by atoms with van der Waals surface area (Å²) in [6.07, 6.45) is 0. The normalized spacial score (nSPS) is 12.6. The van der Waals surface area contributed by atoms with Crippen molar-refractivity contribution >= 4 is 30.9 Å². The van der Waals surface area contributed by atoms with Gasteiger partial charge in [-0.1, -0.05) is 6.07 Å². The Kier molecular flexibility index (Phi) is 2.64. The van der Waals surface area contributed by atoms with E-state index in [2.05, 4.69) is 15.1 Å². The Morgan fingerprint density at radius 2 is 2.25 bits per heavy atom. The zero-order valence-corrected chi connectivity index (χ0v) is 8.89. The molecular formula is C8H8N3O4P. The number of benzene rings is 1. The molecule has 0 aliphatic rings. The lowest BCUT2D eigenvalue weighted by Crippen LogP contribution is -1.98. The van der Waals surface area contributed by atoms with E-state index in [1.165, 1.54) is 0 Å². The summed E-state index contributed by atoms with van der Waals surface area (Å²) in [5.74, 6) is -1.39. The van der Waals surface area contributed by atoms with Gasteiger partial charge in [-0.25, -0.2) is 9.78 Å². The largest absolute Gasteiger partial charge is 0.475 e. The summed E-state index contributed by atoms with van der Waals surface area (Å²) in [6.45, 7) is 0. The molecule has 0 fully saturated rings. The molecule has 16 heavy (non-hydrogen) atoms. The van der Waals surface area contributed by atoms with Crippen LogP contribution in [0.3, 0.4) is 0 Å². The number of rotatable bonds is 3. The van der Waals surface area contributed by atoms with E-state index in [4.69, 9.17) is 10.00 Å². The summed E-state index contributed by atoms with van der Waals surface area (Å²) >= 11 is 0. The van der Waals surface area contributed by atoms with E-state index in [0.717, 1.165) is 0 Å². The van der Waals surface area contributed by atoms with Gasteiger partial charge in [-0.3, -0.25) is 4.57 Å². The average Bonchev–Trinajstić information content (AvgIpc) is 2.61. The number of carbonyl (C=O) groups is 1. The number of H-pyrrole nitrogens is 1. The van der Waals surface area contributed by atoms with E-state index in [1.54, 1.807) is 18.2 Å². The van der Waals surface area contributed by atoms with Crippen LogP contribution in [0.2, 0.25) is 0 Å². The number of aromatic carboxylic acids is 1. The van der Waals surface area contributed by atoms with Crippen LogP contribution in [0, 0.1) is 0 Å². The van der Waals surface area contributed by atoms with Crippen LogP contribution < -0.4 is 5.09 Å².